The van der Waals surface area contributed by atoms with Crippen molar-refractivity contribution in [1.29, 1.82) is 0 Å². The van der Waals surface area contributed by atoms with Gasteiger partial charge in [0, 0.05) is 34.3 Å². The van der Waals surface area contributed by atoms with E-state index in [4.69, 9.17) is 4.74 Å². The zero-order valence-corrected chi connectivity index (χ0v) is 14.5. The monoisotopic (exact) mass is 321 g/mol. The van der Waals surface area contributed by atoms with Crippen molar-refractivity contribution in [2.24, 2.45) is 5.92 Å². The Bertz CT molecular complexity index is 535. The zero-order chi connectivity index (χ0) is 16.8. The summed E-state index contributed by atoms with van der Waals surface area (Å²) in [6, 6.07) is 1.77. The molecular weight excluding hydrogens is 294 g/mol. The number of urea groups is 1. The molecule has 1 aromatic rings. The van der Waals surface area contributed by atoms with Crippen molar-refractivity contribution in [3.8, 4) is 0 Å². The fourth-order valence-corrected chi connectivity index (χ4v) is 2.89. The Labute approximate surface area is 138 Å². The highest BCUT2D eigenvalue weighted by atomic mass is 16.5. The minimum atomic E-state index is -0.0801. The lowest BCUT2D eigenvalue weighted by Crippen LogP contribution is -2.39. The Morgan fingerprint density at radius 3 is 2.91 bits per heavy atom. The number of nitrogens with zero attached hydrogens (tertiary/aromatic N) is 4. The molecule has 1 aliphatic heterocycles. The molecule has 128 valence electrons. The molecule has 0 bridgehead atoms. The highest BCUT2D eigenvalue weighted by Gasteiger charge is 2.23. The highest BCUT2D eigenvalue weighted by Crippen LogP contribution is 2.23. The van der Waals surface area contributed by atoms with Gasteiger partial charge in [-0.05, 0) is 31.7 Å². The van der Waals surface area contributed by atoms with Crippen LogP contribution in [0.1, 0.15) is 25.0 Å². The molecule has 0 aliphatic carbocycles. The number of anilines is 2. The molecule has 1 saturated heterocycles. The summed E-state index contributed by atoms with van der Waals surface area (Å²) in [5.74, 6) is 1.06. The number of rotatable bonds is 4. The molecule has 0 aromatic carbocycles. The number of amides is 2. The Morgan fingerprint density at radius 2 is 2.22 bits per heavy atom. The molecule has 1 unspecified atom stereocenters. The van der Waals surface area contributed by atoms with Gasteiger partial charge in [-0.1, -0.05) is 6.42 Å². The molecule has 2 amide bonds. The number of hydrogen-bond acceptors (Lipinski definition) is 5. The summed E-state index contributed by atoms with van der Waals surface area (Å²) in [5.41, 5.74) is 1.47. The number of aromatic nitrogens is 2. The molecule has 0 saturated carbocycles. The smallest absolute Gasteiger partial charge is 0.321 e. The Hall–Kier alpha value is -1.89. The van der Waals surface area contributed by atoms with E-state index in [2.05, 4.69) is 15.5 Å². The summed E-state index contributed by atoms with van der Waals surface area (Å²) >= 11 is 0. The third-order valence-electron chi connectivity index (χ3n) is 4.02. The normalized spacial score (nSPS) is 18.4. The van der Waals surface area contributed by atoms with Gasteiger partial charge >= 0.3 is 6.03 Å². The number of aryl methyl sites for hydroxylation is 1. The Morgan fingerprint density at radius 1 is 1.43 bits per heavy atom. The van der Waals surface area contributed by atoms with E-state index < -0.39 is 0 Å². The lowest BCUT2D eigenvalue weighted by atomic mass is 10.1. The third-order valence-corrected chi connectivity index (χ3v) is 4.02. The van der Waals surface area contributed by atoms with Gasteiger partial charge in [0.2, 0.25) is 0 Å². The van der Waals surface area contributed by atoms with Crippen molar-refractivity contribution in [1.82, 2.24) is 15.1 Å². The minimum absolute atomic E-state index is 0.0801. The number of ether oxygens (including phenoxy) is 1. The van der Waals surface area contributed by atoms with Crippen molar-refractivity contribution in [2.45, 2.75) is 26.2 Å². The SMILES string of the molecule is COCC1CCCCN(C(=O)Nc2cc(C)nnc2N(C)C)C1. The van der Waals surface area contributed by atoms with Gasteiger partial charge in [0.05, 0.1) is 18.0 Å². The molecule has 1 atom stereocenters. The summed E-state index contributed by atoms with van der Waals surface area (Å²) in [5, 5.41) is 11.2. The van der Waals surface area contributed by atoms with Gasteiger partial charge < -0.3 is 19.9 Å². The van der Waals surface area contributed by atoms with E-state index in [0.717, 1.165) is 38.0 Å². The molecule has 7 nitrogen and oxygen atoms in total. The van der Waals surface area contributed by atoms with Crippen molar-refractivity contribution < 1.29 is 9.53 Å². The molecule has 1 fully saturated rings. The average molecular weight is 321 g/mol. The molecule has 1 N–H and O–H groups in total. The second-order valence-corrected chi connectivity index (χ2v) is 6.31. The number of methoxy groups -OCH3 is 1. The molecule has 2 rings (SSSR count). The number of carbonyl (C=O) groups excluding carboxylic acids is 1. The summed E-state index contributed by atoms with van der Waals surface area (Å²) in [6.07, 6.45) is 3.27. The van der Waals surface area contributed by atoms with Crippen molar-refractivity contribution >= 4 is 17.5 Å². The lowest BCUT2D eigenvalue weighted by molar-refractivity contribution is 0.132. The molecule has 0 radical (unpaired) electrons. The summed E-state index contributed by atoms with van der Waals surface area (Å²) in [4.78, 5) is 16.4. The topological polar surface area (TPSA) is 70.6 Å². The summed E-state index contributed by atoms with van der Waals surface area (Å²) in [7, 11) is 5.48. The second kappa shape index (κ2) is 8.10. The quantitative estimate of drug-likeness (QED) is 0.920. The van der Waals surface area contributed by atoms with Gasteiger partial charge in [-0.3, -0.25) is 0 Å². The van der Waals surface area contributed by atoms with Crippen LogP contribution in [0.4, 0.5) is 16.3 Å². The molecular formula is C16H27N5O2. The summed E-state index contributed by atoms with van der Waals surface area (Å²) in [6.45, 7) is 4.07. The largest absolute Gasteiger partial charge is 0.384 e. The third kappa shape index (κ3) is 4.79. The molecule has 2 heterocycles. The lowest BCUT2D eigenvalue weighted by Gasteiger charge is -2.25. The van der Waals surface area contributed by atoms with Crippen LogP contribution in [0.15, 0.2) is 6.07 Å². The predicted molar refractivity (Wildman–Crippen MR) is 90.9 cm³/mol. The first-order valence-corrected chi connectivity index (χ1v) is 8.07. The number of likely N-dealkylation sites (tertiary alicyclic amines) is 1. The van der Waals surface area contributed by atoms with Crippen LogP contribution in [0.25, 0.3) is 0 Å². The molecule has 23 heavy (non-hydrogen) atoms. The minimum Gasteiger partial charge on any atom is -0.384 e. The van der Waals surface area contributed by atoms with Gasteiger partial charge in [-0.25, -0.2) is 4.79 Å². The van der Waals surface area contributed by atoms with E-state index in [9.17, 15) is 4.79 Å². The first kappa shape index (κ1) is 17.5. The van der Waals surface area contributed by atoms with E-state index in [1.165, 1.54) is 0 Å². The van der Waals surface area contributed by atoms with E-state index in [0.29, 0.717) is 24.0 Å². The van der Waals surface area contributed by atoms with Crippen LogP contribution in [0.3, 0.4) is 0 Å². The fraction of sp³-hybridized carbons (Fsp3) is 0.688. The van der Waals surface area contributed by atoms with Gasteiger partial charge in [0.1, 0.15) is 0 Å². The van der Waals surface area contributed by atoms with Crippen LogP contribution in [-0.4, -0.2) is 62.0 Å². The Balaban J connectivity index is 2.10. The number of hydrogen-bond donors (Lipinski definition) is 1. The maximum absolute atomic E-state index is 12.7. The van der Waals surface area contributed by atoms with Crippen molar-refractivity contribution in [3.63, 3.8) is 0 Å². The van der Waals surface area contributed by atoms with Crippen LogP contribution in [0.2, 0.25) is 0 Å². The van der Waals surface area contributed by atoms with Gasteiger partial charge in [0.25, 0.3) is 0 Å². The van der Waals surface area contributed by atoms with E-state index in [-0.39, 0.29) is 6.03 Å². The van der Waals surface area contributed by atoms with Crippen LogP contribution in [0, 0.1) is 12.8 Å². The van der Waals surface area contributed by atoms with Gasteiger partial charge in [-0.15, -0.1) is 5.10 Å². The maximum atomic E-state index is 12.7. The van der Waals surface area contributed by atoms with E-state index >= 15 is 0 Å². The highest BCUT2D eigenvalue weighted by molar-refractivity contribution is 5.92. The van der Waals surface area contributed by atoms with Crippen LogP contribution in [-0.2, 0) is 4.74 Å². The number of nitrogens with one attached hydrogen (secondary N) is 1. The fourth-order valence-electron chi connectivity index (χ4n) is 2.89. The van der Waals surface area contributed by atoms with E-state index in [1.807, 2.05) is 36.9 Å². The first-order chi connectivity index (χ1) is 11.0. The predicted octanol–water partition coefficient (Wildman–Crippen LogP) is 2.13. The van der Waals surface area contributed by atoms with Crippen molar-refractivity contribution in [2.75, 3.05) is 51.1 Å². The summed E-state index contributed by atoms with van der Waals surface area (Å²) < 4.78 is 5.27. The van der Waals surface area contributed by atoms with Gasteiger partial charge in [-0.2, -0.15) is 5.10 Å². The van der Waals surface area contributed by atoms with Crippen LogP contribution in [0.5, 0.6) is 0 Å². The van der Waals surface area contributed by atoms with Crippen LogP contribution < -0.4 is 10.2 Å². The van der Waals surface area contributed by atoms with Crippen molar-refractivity contribution in [3.05, 3.63) is 11.8 Å². The molecule has 1 aromatic heterocycles. The molecule has 0 spiro atoms. The second-order valence-electron chi connectivity index (χ2n) is 6.31. The van der Waals surface area contributed by atoms with Crippen LogP contribution >= 0.6 is 0 Å². The van der Waals surface area contributed by atoms with E-state index in [1.54, 1.807) is 7.11 Å². The Kier molecular flexibility index (Phi) is 6.15. The number of carbonyl (C=O) groups is 1. The standard InChI is InChI=1S/C16H27N5O2/c1-12-9-14(15(19-18-12)20(2)3)17-16(22)21-8-6-5-7-13(10-21)11-23-4/h9,13H,5-8,10-11H2,1-4H3,(H,17,18,22). The molecule has 1 aliphatic rings. The zero-order valence-electron chi connectivity index (χ0n) is 14.5. The first-order valence-electron chi connectivity index (χ1n) is 8.07. The average Bonchev–Trinajstić information content (AvgIpc) is 2.73. The molecule has 7 heteroatoms. The van der Waals surface area contributed by atoms with Gasteiger partial charge in [0.15, 0.2) is 5.82 Å². The maximum Gasteiger partial charge on any atom is 0.321 e.